The third-order valence-corrected chi connectivity index (χ3v) is 4.16. The van der Waals surface area contributed by atoms with Crippen LogP contribution >= 0.6 is 0 Å². The van der Waals surface area contributed by atoms with E-state index in [1.165, 1.54) is 6.08 Å². The van der Waals surface area contributed by atoms with Crippen molar-refractivity contribution in [2.75, 3.05) is 0 Å². The van der Waals surface area contributed by atoms with Gasteiger partial charge in [0.1, 0.15) is 11.5 Å². The highest BCUT2D eigenvalue weighted by molar-refractivity contribution is 5.33. The van der Waals surface area contributed by atoms with Crippen LogP contribution < -0.4 is 4.74 Å². The summed E-state index contributed by atoms with van der Waals surface area (Å²) in [6, 6.07) is 9.55. The molecule has 0 aromatic heterocycles. The van der Waals surface area contributed by atoms with E-state index in [1.54, 1.807) is 6.08 Å². The lowest BCUT2D eigenvalue weighted by Crippen LogP contribution is -2.49. The van der Waals surface area contributed by atoms with Gasteiger partial charge in [0.25, 0.3) is 0 Å². The van der Waals surface area contributed by atoms with E-state index in [4.69, 9.17) is 4.74 Å². The van der Waals surface area contributed by atoms with E-state index < -0.39 is 11.2 Å². The minimum Gasteiger partial charge on any atom is -0.458 e. The number of aliphatic hydroxyl groups is 2. The summed E-state index contributed by atoms with van der Waals surface area (Å²) in [6.07, 6.45) is 6.37. The van der Waals surface area contributed by atoms with Crippen molar-refractivity contribution in [1.82, 2.24) is 0 Å². The van der Waals surface area contributed by atoms with Crippen LogP contribution in [-0.4, -0.2) is 16.0 Å². The van der Waals surface area contributed by atoms with Crippen LogP contribution in [0.4, 0.5) is 0 Å². The van der Waals surface area contributed by atoms with Gasteiger partial charge in [-0.1, -0.05) is 45.9 Å². The topological polar surface area (TPSA) is 49.7 Å². The van der Waals surface area contributed by atoms with Crippen LogP contribution in [0.25, 0.3) is 0 Å². The number of rotatable bonds is 6. The van der Waals surface area contributed by atoms with Crippen molar-refractivity contribution in [2.45, 2.75) is 46.3 Å². The predicted octanol–water partition coefficient (Wildman–Crippen LogP) is 4.28. The zero-order chi connectivity index (χ0) is 17.1. The fraction of sp³-hybridized carbons (Fsp3) is 0.500. The molecule has 2 N–H and O–H groups in total. The zero-order valence-corrected chi connectivity index (χ0v) is 14.5. The summed E-state index contributed by atoms with van der Waals surface area (Å²) < 4.78 is 5.92. The van der Waals surface area contributed by atoms with Gasteiger partial charge < -0.3 is 14.9 Å². The number of allylic oxidation sites excluding steroid dienone is 1. The van der Waals surface area contributed by atoms with Gasteiger partial charge >= 0.3 is 0 Å². The van der Waals surface area contributed by atoms with E-state index in [0.717, 1.165) is 5.75 Å². The average Bonchev–Trinajstić information content (AvgIpc) is 2.43. The van der Waals surface area contributed by atoms with Crippen molar-refractivity contribution in [3.63, 3.8) is 0 Å². The molecule has 0 saturated heterocycles. The minimum absolute atomic E-state index is 0.341. The van der Waals surface area contributed by atoms with Gasteiger partial charge in [0.2, 0.25) is 0 Å². The molecule has 0 bridgehead atoms. The van der Waals surface area contributed by atoms with Crippen molar-refractivity contribution in [1.29, 1.82) is 0 Å². The first-order valence-electron chi connectivity index (χ1n) is 8.34. The third kappa shape index (κ3) is 4.24. The number of hydrogen-bond donors (Lipinski definition) is 2. The molecule has 126 valence electrons. The maximum atomic E-state index is 10.6. The Morgan fingerprint density at radius 2 is 1.52 bits per heavy atom. The molecule has 0 spiro atoms. The third-order valence-electron chi connectivity index (χ3n) is 4.16. The van der Waals surface area contributed by atoms with E-state index in [9.17, 15) is 10.2 Å². The van der Waals surface area contributed by atoms with Crippen molar-refractivity contribution in [3.8, 4) is 5.75 Å². The summed E-state index contributed by atoms with van der Waals surface area (Å²) in [5.41, 5.74) is -0.742. The molecule has 1 aliphatic rings. The molecule has 0 saturated carbocycles. The molecule has 1 aromatic carbocycles. The molecule has 0 atom stereocenters. The van der Waals surface area contributed by atoms with Crippen LogP contribution in [0.15, 0.2) is 54.3 Å². The Kier molecular flexibility index (Phi) is 5.33. The van der Waals surface area contributed by atoms with Crippen LogP contribution in [0, 0.1) is 17.3 Å². The molecule has 0 unspecified atom stereocenters. The number of hydrogen-bond acceptors (Lipinski definition) is 3. The normalized spacial score (nSPS) is 19.0. The molecular weight excluding hydrogens is 288 g/mol. The zero-order valence-electron chi connectivity index (χ0n) is 14.5. The van der Waals surface area contributed by atoms with Crippen LogP contribution in [0.3, 0.4) is 0 Å². The summed E-state index contributed by atoms with van der Waals surface area (Å²) in [6.45, 7) is 8.40. The molecule has 0 radical (unpaired) electrons. The smallest absolute Gasteiger partial charge is 0.192 e. The fourth-order valence-corrected chi connectivity index (χ4v) is 3.44. The van der Waals surface area contributed by atoms with Gasteiger partial charge in [-0.25, -0.2) is 0 Å². The SMILES string of the molecule is CC(C)CC1(CC(C)C)C=C(Oc2ccccc2)C=CC1(O)O. The molecule has 1 aromatic rings. The number of benzene rings is 1. The van der Waals surface area contributed by atoms with Gasteiger partial charge in [0, 0.05) is 0 Å². The van der Waals surface area contributed by atoms with Gasteiger partial charge in [-0.2, -0.15) is 0 Å². The highest BCUT2D eigenvalue weighted by Crippen LogP contribution is 2.47. The largest absolute Gasteiger partial charge is 0.458 e. The molecule has 0 heterocycles. The quantitative estimate of drug-likeness (QED) is 0.770. The Hall–Kier alpha value is -1.58. The monoisotopic (exact) mass is 316 g/mol. The Balaban J connectivity index is 2.36. The summed E-state index contributed by atoms with van der Waals surface area (Å²) in [7, 11) is 0. The molecule has 1 aliphatic carbocycles. The first-order valence-corrected chi connectivity index (χ1v) is 8.34. The van der Waals surface area contributed by atoms with Gasteiger partial charge in [-0.3, -0.25) is 0 Å². The van der Waals surface area contributed by atoms with E-state index in [0.29, 0.717) is 30.4 Å². The standard InChI is InChI=1S/C20H28O3/c1-15(2)12-19(13-16(3)4)14-18(10-11-20(19,21)22)23-17-8-6-5-7-9-17/h5-11,14-16,21-22H,12-13H2,1-4H3. The molecule has 3 heteroatoms. The molecular formula is C20H28O3. The second kappa shape index (κ2) is 6.90. The van der Waals surface area contributed by atoms with Gasteiger partial charge in [-0.15, -0.1) is 0 Å². The predicted molar refractivity (Wildman–Crippen MR) is 92.8 cm³/mol. The maximum Gasteiger partial charge on any atom is 0.192 e. The lowest BCUT2D eigenvalue weighted by atomic mass is 9.66. The van der Waals surface area contributed by atoms with Crippen molar-refractivity contribution >= 4 is 0 Å². The molecule has 2 rings (SSSR count). The van der Waals surface area contributed by atoms with Gasteiger partial charge in [0.05, 0.1) is 5.41 Å². The first-order chi connectivity index (χ1) is 10.7. The Labute approximate surface area is 139 Å². The average molecular weight is 316 g/mol. The highest BCUT2D eigenvalue weighted by atomic mass is 16.5. The Bertz CT molecular complexity index is 558. The van der Waals surface area contributed by atoms with Gasteiger partial charge in [0.15, 0.2) is 5.79 Å². The van der Waals surface area contributed by atoms with Crippen molar-refractivity contribution in [2.24, 2.45) is 17.3 Å². The van der Waals surface area contributed by atoms with E-state index >= 15 is 0 Å². The lowest BCUT2D eigenvalue weighted by molar-refractivity contribution is -0.201. The second-order valence-electron chi connectivity index (χ2n) is 7.37. The van der Waals surface area contributed by atoms with Gasteiger partial charge in [-0.05, 0) is 55.0 Å². The number of para-hydroxylation sites is 1. The summed E-state index contributed by atoms with van der Waals surface area (Å²) in [5.74, 6) is 0.234. The second-order valence-corrected chi connectivity index (χ2v) is 7.37. The fourth-order valence-electron chi connectivity index (χ4n) is 3.44. The summed E-state index contributed by atoms with van der Waals surface area (Å²) in [5, 5.41) is 21.3. The first kappa shape index (κ1) is 17.8. The van der Waals surface area contributed by atoms with Crippen molar-refractivity contribution in [3.05, 3.63) is 54.3 Å². The summed E-state index contributed by atoms with van der Waals surface area (Å²) in [4.78, 5) is 0. The molecule has 23 heavy (non-hydrogen) atoms. The Morgan fingerprint density at radius 3 is 2.04 bits per heavy atom. The highest BCUT2D eigenvalue weighted by Gasteiger charge is 2.48. The molecule has 0 amide bonds. The van der Waals surface area contributed by atoms with Crippen LogP contribution in [-0.2, 0) is 0 Å². The van der Waals surface area contributed by atoms with E-state index in [2.05, 4.69) is 27.7 Å². The van der Waals surface area contributed by atoms with Crippen molar-refractivity contribution < 1.29 is 14.9 Å². The maximum absolute atomic E-state index is 10.6. The number of ether oxygens (including phenoxy) is 1. The lowest BCUT2D eigenvalue weighted by Gasteiger charge is -2.44. The van der Waals surface area contributed by atoms with Crippen LogP contribution in [0.1, 0.15) is 40.5 Å². The van der Waals surface area contributed by atoms with E-state index in [-0.39, 0.29) is 0 Å². The van der Waals surface area contributed by atoms with Crippen LogP contribution in [0.5, 0.6) is 5.75 Å². The van der Waals surface area contributed by atoms with E-state index in [1.807, 2.05) is 36.4 Å². The molecule has 3 nitrogen and oxygen atoms in total. The Morgan fingerprint density at radius 1 is 0.957 bits per heavy atom. The van der Waals surface area contributed by atoms with Crippen LogP contribution in [0.2, 0.25) is 0 Å². The summed E-state index contributed by atoms with van der Waals surface area (Å²) >= 11 is 0. The molecule has 0 aliphatic heterocycles. The minimum atomic E-state index is -1.86. The molecule has 0 fully saturated rings.